The zero-order chi connectivity index (χ0) is 15.7. The highest BCUT2D eigenvalue weighted by atomic mass is 19.4. The maximum absolute atomic E-state index is 13.0. The first-order chi connectivity index (χ1) is 10.4. The fraction of sp³-hybridized carbons (Fsp3) is 0.562. The summed E-state index contributed by atoms with van der Waals surface area (Å²) in [4.78, 5) is 3.90. The lowest BCUT2D eigenvalue weighted by molar-refractivity contribution is -0.137. The molecule has 0 bridgehead atoms. The second-order valence-electron chi connectivity index (χ2n) is 6.11. The highest BCUT2D eigenvalue weighted by molar-refractivity contribution is 5.50. The number of aromatic nitrogens is 2. The van der Waals surface area contributed by atoms with Gasteiger partial charge in [0.15, 0.2) is 0 Å². The minimum atomic E-state index is -4.43. The Balaban J connectivity index is 1.92. The molecular formula is C16H19F3N2O. The van der Waals surface area contributed by atoms with E-state index in [2.05, 4.69) is 4.98 Å². The van der Waals surface area contributed by atoms with E-state index in [9.17, 15) is 18.3 Å². The van der Waals surface area contributed by atoms with Crippen LogP contribution >= 0.6 is 0 Å². The van der Waals surface area contributed by atoms with Gasteiger partial charge in [0.25, 0.3) is 0 Å². The Morgan fingerprint density at radius 3 is 2.64 bits per heavy atom. The van der Waals surface area contributed by atoms with Crippen molar-refractivity contribution in [3.05, 3.63) is 35.9 Å². The average Bonchev–Trinajstić information content (AvgIpc) is 2.94. The molecule has 22 heavy (non-hydrogen) atoms. The molecule has 0 saturated heterocycles. The minimum Gasteiger partial charge on any atom is -0.387 e. The van der Waals surface area contributed by atoms with Crippen LogP contribution < -0.4 is 0 Å². The lowest BCUT2D eigenvalue weighted by atomic mass is 9.85. The predicted molar refractivity (Wildman–Crippen MR) is 76.3 cm³/mol. The van der Waals surface area contributed by atoms with Crippen molar-refractivity contribution in [2.75, 3.05) is 0 Å². The fourth-order valence-electron chi connectivity index (χ4n) is 3.34. The van der Waals surface area contributed by atoms with Gasteiger partial charge in [-0.2, -0.15) is 13.2 Å². The van der Waals surface area contributed by atoms with Gasteiger partial charge in [-0.1, -0.05) is 32.1 Å². The topological polar surface area (TPSA) is 37.5 Å². The quantitative estimate of drug-likeness (QED) is 0.914. The number of fused-ring (bicyclic) bond motifs is 1. The van der Waals surface area contributed by atoms with Gasteiger partial charge in [-0.05, 0) is 24.5 Å². The molecule has 1 fully saturated rings. The molecule has 0 aliphatic heterocycles. The summed E-state index contributed by atoms with van der Waals surface area (Å²) >= 11 is 0. The molecule has 1 N–H and O–H groups in total. The van der Waals surface area contributed by atoms with Gasteiger partial charge in [0.05, 0.1) is 35.4 Å². The molecule has 1 aliphatic rings. The first-order valence-corrected chi connectivity index (χ1v) is 7.66. The molecule has 0 amide bonds. The Bertz CT molecular complexity index is 644. The number of rotatable bonds is 3. The number of hydrogen-bond acceptors (Lipinski definition) is 2. The number of alkyl halides is 3. The summed E-state index contributed by atoms with van der Waals surface area (Å²) in [5.41, 5.74) is -0.112. The molecule has 2 heterocycles. The van der Waals surface area contributed by atoms with Gasteiger partial charge in [-0.25, -0.2) is 4.98 Å². The number of pyridine rings is 1. The third-order valence-corrected chi connectivity index (χ3v) is 4.50. The first-order valence-electron chi connectivity index (χ1n) is 7.66. The van der Waals surface area contributed by atoms with Crippen molar-refractivity contribution < 1.29 is 18.3 Å². The van der Waals surface area contributed by atoms with Crippen molar-refractivity contribution in [3.8, 4) is 0 Å². The summed E-state index contributed by atoms with van der Waals surface area (Å²) in [6, 6.07) is 2.10. The molecule has 1 aliphatic carbocycles. The van der Waals surface area contributed by atoms with Crippen LogP contribution in [-0.2, 0) is 6.18 Å². The van der Waals surface area contributed by atoms with Crippen LogP contribution in [0.2, 0.25) is 0 Å². The zero-order valence-electron chi connectivity index (χ0n) is 12.2. The molecule has 1 atom stereocenters. The largest absolute Gasteiger partial charge is 0.416 e. The van der Waals surface area contributed by atoms with Gasteiger partial charge in [0.2, 0.25) is 0 Å². The van der Waals surface area contributed by atoms with Crippen molar-refractivity contribution in [1.82, 2.24) is 9.38 Å². The number of imidazole rings is 1. The molecular weight excluding hydrogens is 293 g/mol. The number of halogens is 3. The van der Waals surface area contributed by atoms with Crippen LogP contribution in [0.3, 0.4) is 0 Å². The van der Waals surface area contributed by atoms with E-state index >= 15 is 0 Å². The second kappa shape index (κ2) is 5.91. The van der Waals surface area contributed by atoms with Gasteiger partial charge in [-0.15, -0.1) is 0 Å². The number of nitrogens with zero attached hydrogens (tertiary/aromatic N) is 2. The summed E-state index contributed by atoms with van der Waals surface area (Å²) < 4.78 is 40.6. The third-order valence-electron chi connectivity index (χ3n) is 4.50. The zero-order valence-corrected chi connectivity index (χ0v) is 12.2. The molecule has 1 saturated carbocycles. The monoisotopic (exact) mass is 312 g/mol. The van der Waals surface area contributed by atoms with Crippen LogP contribution in [0.25, 0.3) is 5.52 Å². The van der Waals surface area contributed by atoms with Crippen LogP contribution in [0.15, 0.2) is 24.7 Å². The Kier molecular flexibility index (Phi) is 4.12. The maximum Gasteiger partial charge on any atom is 0.416 e. The highest BCUT2D eigenvalue weighted by Gasteiger charge is 2.32. The van der Waals surface area contributed by atoms with Crippen LogP contribution in [0.4, 0.5) is 13.2 Å². The molecule has 3 nitrogen and oxygen atoms in total. The Morgan fingerprint density at radius 1 is 1.23 bits per heavy atom. The lowest BCUT2D eigenvalue weighted by Crippen LogP contribution is -2.15. The number of hydrogen-bond donors (Lipinski definition) is 1. The molecule has 0 spiro atoms. The minimum absolute atomic E-state index is 0.271. The first kappa shape index (κ1) is 15.3. The normalized spacial score (nSPS) is 18.7. The summed E-state index contributed by atoms with van der Waals surface area (Å²) in [6.07, 6.45) is 3.60. The molecule has 2 aromatic rings. The Hall–Kier alpha value is -1.56. The van der Waals surface area contributed by atoms with Crippen LogP contribution in [0, 0.1) is 5.92 Å². The standard InChI is InChI=1S/C16H19F3N2O/c17-16(18,19)12-7-13-9-20-10-21(13)14(8-12)15(22)6-11-4-2-1-3-5-11/h7-11,15,22H,1-6H2/t15-/m0/s1. The lowest BCUT2D eigenvalue weighted by Gasteiger charge is -2.25. The third kappa shape index (κ3) is 3.11. The van der Waals surface area contributed by atoms with Crippen LogP contribution in [0.1, 0.15) is 55.9 Å². The van der Waals surface area contributed by atoms with Crippen molar-refractivity contribution >= 4 is 5.52 Å². The molecule has 3 rings (SSSR count). The van der Waals surface area contributed by atoms with E-state index in [-0.39, 0.29) is 5.69 Å². The van der Waals surface area contributed by atoms with E-state index in [1.54, 1.807) is 4.40 Å². The number of aliphatic hydroxyl groups is 1. The molecule has 0 aromatic carbocycles. The van der Waals surface area contributed by atoms with Gasteiger partial charge in [0, 0.05) is 0 Å². The van der Waals surface area contributed by atoms with E-state index in [4.69, 9.17) is 0 Å². The molecule has 0 unspecified atom stereocenters. The van der Waals surface area contributed by atoms with Crippen molar-refractivity contribution in [3.63, 3.8) is 0 Å². The predicted octanol–water partition coefficient (Wildman–Crippen LogP) is 4.36. The summed E-state index contributed by atoms with van der Waals surface area (Å²) in [5, 5.41) is 10.5. The van der Waals surface area contributed by atoms with E-state index in [0.717, 1.165) is 37.8 Å². The molecule has 2 aromatic heterocycles. The summed E-state index contributed by atoms with van der Waals surface area (Å²) in [7, 11) is 0. The molecule has 0 radical (unpaired) electrons. The van der Waals surface area contributed by atoms with Crippen molar-refractivity contribution in [2.24, 2.45) is 5.92 Å². The van der Waals surface area contributed by atoms with Gasteiger partial charge >= 0.3 is 6.18 Å². The molecule has 120 valence electrons. The van der Waals surface area contributed by atoms with Crippen LogP contribution in [-0.4, -0.2) is 14.5 Å². The maximum atomic E-state index is 13.0. The number of aliphatic hydroxyl groups excluding tert-OH is 1. The van der Waals surface area contributed by atoms with Crippen molar-refractivity contribution in [1.29, 1.82) is 0 Å². The SMILES string of the molecule is O[C@@H](CC1CCCCC1)c1cc(C(F)(F)F)cc2cncn12. The van der Waals surface area contributed by atoms with Crippen LogP contribution in [0.5, 0.6) is 0 Å². The smallest absolute Gasteiger partial charge is 0.387 e. The van der Waals surface area contributed by atoms with Gasteiger partial charge in [0.1, 0.15) is 0 Å². The average molecular weight is 312 g/mol. The molecule has 6 heteroatoms. The van der Waals surface area contributed by atoms with E-state index < -0.39 is 17.8 Å². The van der Waals surface area contributed by atoms with E-state index in [1.807, 2.05) is 0 Å². The van der Waals surface area contributed by atoms with Crippen molar-refractivity contribution in [2.45, 2.75) is 50.8 Å². The Morgan fingerprint density at radius 2 is 1.95 bits per heavy atom. The Labute approximate surface area is 126 Å². The highest BCUT2D eigenvalue weighted by Crippen LogP contribution is 2.35. The second-order valence-corrected chi connectivity index (χ2v) is 6.11. The fourth-order valence-corrected chi connectivity index (χ4v) is 3.34. The van der Waals surface area contributed by atoms with Gasteiger partial charge in [-0.3, -0.25) is 0 Å². The van der Waals surface area contributed by atoms with E-state index in [0.29, 0.717) is 17.9 Å². The van der Waals surface area contributed by atoms with Gasteiger partial charge < -0.3 is 9.51 Å². The summed E-state index contributed by atoms with van der Waals surface area (Å²) in [5.74, 6) is 0.386. The van der Waals surface area contributed by atoms with E-state index in [1.165, 1.54) is 18.9 Å². The summed E-state index contributed by atoms with van der Waals surface area (Å²) in [6.45, 7) is 0.